The van der Waals surface area contributed by atoms with Crippen molar-refractivity contribution in [3.05, 3.63) is 102 Å². The molecule has 0 amide bonds. The number of anilines is 1. The molecule has 61 heavy (non-hydrogen) atoms. The van der Waals surface area contributed by atoms with Crippen molar-refractivity contribution < 1.29 is 13.2 Å². The van der Waals surface area contributed by atoms with E-state index in [1.54, 1.807) is 6.92 Å². The number of allylic oxidation sites excluding steroid dienone is 9. The minimum absolute atomic E-state index is 0.337. The number of fused-ring (bicyclic) bond motifs is 1. The zero-order valence-electron chi connectivity index (χ0n) is 41.4. The zero-order chi connectivity index (χ0) is 47.1. The molecule has 0 fully saturated rings. The number of aromatic amines is 1. The number of rotatable bonds is 22. The van der Waals surface area contributed by atoms with Crippen molar-refractivity contribution in [1.29, 1.82) is 0 Å². The summed E-state index contributed by atoms with van der Waals surface area (Å²) in [6.45, 7) is 34.8. The van der Waals surface area contributed by atoms with Gasteiger partial charge in [0.15, 0.2) is 0 Å². The Hall–Kier alpha value is -4.02. The summed E-state index contributed by atoms with van der Waals surface area (Å²) < 4.78 is 35.8. The highest BCUT2D eigenvalue weighted by molar-refractivity contribution is 5.88. The van der Waals surface area contributed by atoms with Crippen LogP contribution in [0.25, 0.3) is 10.9 Å². The number of hydrogen-bond acceptors (Lipinski definition) is 3. The normalized spacial score (nSPS) is 12.1. The number of unbranched alkanes of at least 4 members (excludes halogenated alkanes) is 3. The Bertz CT molecular complexity index is 1630. The minimum Gasteiger partial charge on any atom is -0.388 e. The van der Waals surface area contributed by atoms with Crippen LogP contribution in [0.4, 0.5) is 18.9 Å². The highest BCUT2D eigenvalue weighted by Crippen LogP contribution is 2.35. The first-order valence-electron chi connectivity index (χ1n) is 23.2. The lowest BCUT2D eigenvalue weighted by Crippen LogP contribution is -2.19. The summed E-state index contributed by atoms with van der Waals surface area (Å²) in [5.74, 6) is 5.92. The molecule has 1 aromatic carbocycles. The van der Waals surface area contributed by atoms with E-state index >= 15 is 0 Å². The van der Waals surface area contributed by atoms with Crippen LogP contribution >= 0.6 is 0 Å². The number of benzene rings is 1. The molecule has 0 aliphatic rings. The first kappa shape index (κ1) is 61.3. The number of nitrogens with zero attached hydrogens (tertiary/aromatic N) is 2. The van der Waals surface area contributed by atoms with Gasteiger partial charge in [-0.1, -0.05) is 150 Å². The molecule has 0 spiro atoms. The van der Waals surface area contributed by atoms with Crippen LogP contribution in [0, 0.1) is 11.8 Å². The maximum Gasteiger partial charge on any atom is 0.415 e. The van der Waals surface area contributed by atoms with Gasteiger partial charge < -0.3 is 15.2 Å². The smallest absolute Gasteiger partial charge is 0.388 e. The molecule has 0 radical (unpaired) electrons. The Morgan fingerprint density at radius 1 is 0.902 bits per heavy atom. The van der Waals surface area contributed by atoms with Gasteiger partial charge in [0.05, 0.1) is 0 Å². The summed E-state index contributed by atoms with van der Waals surface area (Å²) >= 11 is 0. The predicted octanol–water partition coefficient (Wildman–Crippen LogP) is 17.3. The summed E-state index contributed by atoms with van der Waals surface area (Å²) in [4.78, 5) is 9.99. The number of halogens is 3. The Morgan fingerprint density at radius 3 is 2.05 bits per heavy atom. The lowest BCUT2D eigenvalue weighted by atomic mass is 9.90. The largest absolute Gasteiger partial charge is 0.415 e. The summed E-state index contributed by atoms with van der Waals surface area (Å²) in [7, 11) is 4.17. The Labute approximate surface area is 374 Å². The molecule has 0 bridgehead atoms. The van der Waals surface area contributed by atoms with Crippen molar-refractivity contribution in [1.82, 2.24) is 9.88 Å². The molecule has 346 valence electrons. The fraction of sp³-hybridized carbons (Fsp3) is 0.574. The molecule has 1 atom stereocenters. The lowest BCUT2D eigenvalue weighted by Gasteiger charge is -2.16. The van der Waals surface area contributed by atoms with Gasteiger partial charge in [0.2, 0.25) is 0 Å². The number of alkyl halides is 3. The van der Waals surface area contributed by atoms with Gasteiger partial charge in [-0.15, -0.1) is 5.92 Å². The van der Waals surface area contributed by atoms with Crippen LogP contribution < -0.4 is 5.32 Å². The van der Waals surface area contributed by atoms with Crippen LogP contribution in [0.3, 0.4) is 0 Å². The quantitative estimate of drug-likeness (QED) is 0.0536. The molecule has 2 N–H and O–H groups in total. The van der Waals surface area contributed by atoms with Crippen LogP contribution in [-0.2, 0) is 6.42 Å². The van der Waals surface area contributed by atoms with Gasteiger partial charge >= 0.3 is 6.18 Å². The molecular weight excluding hydrogens is 762 g/mol. The molecule has 0 saturated heterocycles. The van der Waals surface area contributed by atoms with Crippen LogP contribution in [0.1, 0.15) is 177 Å². The van der Waals surface area contributed by atoms with Crippen LogP contribution in [0.5, 0.6) is 0 Å². The summed E-state index contributed by atoms with van der Waals surface area (Å²) in [6, 6.07) is 6.68. The molecule has 2 rings (SSSR count). The molecule has 0 aliphatic carbocycles. The van der Waals surface area contributed by atoms with Crippen LogP contribution in [-0.4, -0.2) is 49.0 Å². The number of aromatic nitrogens is 1. The molecule has 1 aromatic heterocycles. The van der Waals surface area contributed by atoms with Gasteiger partial charge in [-0.05, 0) is 127 Å². The van der Waals surface area contributed by atoms with Crippen LogP contribution in [0.15, 0.2) is 95.7 Å². The third-order valence-electron chi connectivity index (χ3n) is 9.28. The van der Waals surface area contributed by atoms with E-state index in [9.17, 15) is 13.2 Å². The average molecular weight is 851 g/mol. The van der Waals surface area contributed by atoms with Gasteiger partial charge in [-0.2, -0.15) is 13.2 Å². The predicted molar refractivity (Wildman–Crippen MR) is 270 cm³/mol. The number of nitrogens with one attached hydrogen (secondary N) is 2. The molecule has 4 nitrogen and oxygen atoms in total. The van der Waals surface area contributed by atoms with Crippen LogP contribution in [0.2, 0.25) is 0 Å². The summed E-state index contributed by atoms with van der Waals surface area (Å²) in [6.07, 6.45) is 23.3. The Balaban J connectivity index is -0.000000891. The second-order valence-corrected chi connectivity index (χ2v) is 14.9. The fourth-order valence-corrected chi connectivity index (χ4v) is 6.01. The monoisotopic (exact) mass is 851 g/mol. The standard InChI is InChI=1S/C28H42N2.C10H14F3N.C7H17N.C7H10.C2H6/c1-7-10-12-15-25-26-20-24(29-6)18-19-27(26)30-28(25)22(5)23(14-11-8-2)17-16-21(4)13-9-3;1-4-5-9(3)14-7-6-8(2)10(11,12)13;1-4-6-8(3)7-5-2;1-3-5-7-6-4-2;1-2/h14,16-20,22,29-30H,4,7-13,15H2,1-3,5-6H3;6-7H,2,4-5H2,1,3H3;4-7H2,1-3H3;5,7H,3H2,1-2H3;1-2H3/b17-16-,23-14+;7-6-,14-9?;;7-5+;. The average Bonchev–Trinajstić information content (AvgIpc) is 3.60. The first-order chi connectivity index (χ1) is 29.1. The highest BCUT2D eigenvalue weighted by Gasteiger charge is 2.29. The van der Waals surface area contributed by atoms with Crippen molar-refractivity contribution in [3.8, 4) is 11.8 Å². The van der Waals surface area contributed by atoms with E-state index in [0.717, 1.165) is 62.9 Å². The van der Waals surface area contributed by atoms with Crippen molar-refractivity contribution in [3.63, 3.8) is 0 Å². The minimum atomic E-state index is -4.36. The molecular formula is C54H89F3N4. The molecule has 0 saturated carbocycles. The molecule has 7 heteroatoms. The Kier molecular flexibility index (Phi) is 40.3. The van der Waals surface area contributed by atoms with E-state index in [0.29, 0.717) is 5.92 Å². The number of aliphatic imine (C=N–C) groups is 1. The fourth-order valence-electron chi connectivity index (χ4n) is 6.01. The maximum absolute atomic E-state index is 11.9. The zero-order valence-corrected chi connectivity index (χ0v) is 41.4. The van der Waals surface area contributed by atoms with Gasteiger partial charge in [0, 0.05) is 52.7 Å². The van der Waals surface area contributed by atoms with E-state index in [1.807, 2.05) is 46.9 Å². The van der Waals surface area contributed by atoms with Crippen molar-refractivity contribution >= 4 is 22.3 Å². The maximum atomic E-state index is 11.9. The topological polar surface area (TPSA) is 43.4 Å². The summed E-state index contributed by atoms with van der Waals surface area (Å²) in [5, 5.41) is 4.67. The van der Waals surface area contributed by atoms with Crippen molar-refractivity contribution in [2.24, 2.45) is 4.99 Å². The van der Waals surface area contributed by atoms with E-state index < -0.39 is 11.7 Å². The second-order valence-electron chi connectivity index (χ2n) is 14.9. The van der Waals surface area contributed by atoms with E-state index in [1.165, 1.54) is 90.6 Å². The van der Waals surface area contributed by atoms with Gasteiger partial charge in [0.25, 0.3) is 0 Å². The second kappa shape index (κ2) is 40.1. The van der Waals surface area contributed by atoms with Crippen molar-refractivity contribution in [2.75, 3.05) is 32.5 Å². The molecule has 1 heterocycles. The molecule has 2 aromatic rings. The van der Waals surface area contributed by atoms with E-state index in [2.05, 4.69) is 137 Å². The highest BCUT2D eigenvalue weighted by atomic mass is 19.4. The van der Waals surface area contributed by atoms with Crippen molar-refractivity contribution in [2.45, 2.75) is 179 Å². The Morgan fingerprint density at radius 2 is 1.54 bits per heavy atom. The SMILES string of the molecule is C=C(/C=C\C(=C/CCC)C(C)c1[nH]c2ccc(NC)cc2c1CCCCC)CCC.C=C(/C=C\N=C(C)CCC)C(F)(F)F.CC.CC#C/C=C/CC.CCCN(C)CCC. The number of hydrogen-bond donors (Lipinski definition) is 2. The third kappa shape index (κ3) is 30.6. The molecule has 0 aliphatic heterocycles. The van der Waals surface area contributed by atoms with Gasteiger partial charge in [-0.25, -0.2) is 0 Å². The summed E-state index contributed by atoms with van der Waals surface area (Å²) in [5.41, 5.74) is 7.83. The third-order valence-corrected chi connectivity index (χ3v) is 9.28. The number of H-pyrrole nitrogens is 1. The van der Waals surface area contributed by atoms with E-state index in [4.69, 9.17) is 0 Å². The molecule has 1 unspecified atom stereocenters. The van der Waals surface area contributed by atoms with E-state index in [-0.39, 0.29) is 0 Å². The number of aryl methyl sites for hydroxylation is 1. The first-order valence-corrected chi connectivity index (χ1v) is 23.2. The van der Waals surface area contributed by atoms with Gasteiger partial charge in [-0.3, -0.25) is 4.99 Å². The van der Waals surface area contributed by atoms with Gasteiger partial charge in [0.1, 0.15) is 0 Å². The lowest BCUT2D eigenvalue weighted by molar-refractivity contribution is -0.0878.